The highest BCUT2D eigenvalue weighted by Gasteiger charge is 2.57. The van der Waals surface area contributed by atoms with Crippen LogP contribution in [0.25, 0.3) is 11.0 Å². The van der Waals surface area contributed by atoms with Gasteiger partial charge in [0.15, 0.2) is 11.3 Å². The lowest BCUT2D eigenvalue weighted by Gasteiger charge is -2.32. The van der Waals surface area contributed by atoms with Gasteiger partial charge < -0.3 is 40.3 Å². The first kappa shape index (κ1) is 41.8. The van der Waals surface area contributed by atoms with Crippen LogP contribution in [-0.4, -0.2) is 66.8 Å². The third-order valence-electron chi connectivity index (χ3n) is 12.8. The average molecular weight is 844 g/mol. The molecule has 5 N–H and O–H groups in total. The SMILES string of the molecule is NCc1cccc(C2CCN(C(=O)c3ccc(NC(=O)C[C@]4(c5ccccc5)OB(c5cc6c(C(=O)N7CCC(c8cccc(CN)c8)CC7)cccc6o5)OC4=O)cc3)CC2)c1. The first-order chi connectivity index (χ1) is 30.7. The Bertz CT molecular complexity index is 2640. The topological polar surface area (TPSA) is 170 Å². The van der Waals surface area contributed by atoms with E-state index in [4.69, 9.17) is 25.2 Å². The van der Waals surface area contributed by atoms with Crippen molar-refractivity contribution in [1.82, 2.24) is 9.80 Å². The number of hydrogen-bond acceptors (Lipinski definition) is 9. The highest BCUT2D eigenvalue weighted by Crippen LogP contribution is 2.38. The van der Waals surface area contributed by atoms with Crippen molar-refractivity contribution in [2.75, 3.05) is 31.5 Å². The monoisotopic (exact) mass is 843 g/mol. The van der Waals surface area contributed by atoms with Gasteiger partial charge in [-0.15, -0.1) is 0 Å². The van der Waals surface area contributed by atoms with Crippen molar-refractivity contribution < 1.29 is 32.9 Å². The number of likely N-dealkylation sites (tertiary alicyclic amines) is 2. The lowest BCUT2D eigenvalue weighted by atomic mass is 9.84. The van der Waals surface area contributed by atoms with E-state index >= 15 is 0 Å². The number of nitrogens with two attached hydrogens (primary N) is 2. The molecule has 12 nitrogen and oxygen atoms in total. The van der Waals surface area contributed by atoms with Gasteiger partial charge >= 0.3 is 13.1 Å². The van der Waals surface area contributed by atoms with Crippen LogP contribution in [0.5, 0.6) is 0 Å². The summed E-state index contributed by atoms with van der Waals surface area (Å²) in [6.45, 7) is 3.50. The number of piperidine rings is 2. The standard InChI is InChI=1S/C50H50BN5O7/c52-31-33-7-4-9-38(27-33)35-19-23-55(24-20-35)47(58)37-15-17-41(18-16-37)54-46(57)30-50(40-11-2-1-3-12-40)49(60)62-51(63-50)45-29-43-42(13-6-14-44(43)61-45)48(59)56-25-21-36(22-26-56)39-10-5-8-34(28-39)32-53/h1-18,27-29,35-36H,19-26,30-32,52-53H2,(H,54,57)/t50-/m1/s1. The van der Waals surface area contributed by atoms with Crippen molar-refractivity contribution in [1.29, 1.82) is 0 Å². The number of rotatable bonds is 11. The molecule has 0 bridgehead atoms. The van der Waals surface area contributed by atoms with E-state index in [-0.39, 0.29) is 17.5 Å². The highest BCUT2D eigenvalue weighted by molar-refractivity contribution is 6.63. The normalized spacial score (nSPS) is 18.4. The maximum absolute atomic E-state index is 14.0. The van der Waals surface area contributed by atoms with Crippen LogP contribution in [0, 0.1) is 0 Å². The Morgan fingerprint density at radius 1 is 0.683 bits per heavy atom. The Kier molecular flexibility index (Phi) is 12.0. The van der Waals surface area contributed by atoms with Gasteiger partial charge in [0, 0.05) is 55.9 Å². The Morgan fingerprint density at radius 2 is 1.27 bits per heavy atom. The summed E-state index contributed by atoms with van der Waals surface area (Å²) in [6.07, 6.45) is 3.01. The second kappa shape index (κ2) is 18.1. The van der Waals surface area contributed by atoms with Gasteiger partial charge in [0.1, 0.15) is 5.58 Å². The summed E-state index contributed by atoms with van der Waals surface area (Å²) in [6, 6.07) is 39.2. The molecule has 0 spiro atoms. The maximum Gasteiger partial charge on any atom is 0.603 e. The number of benzene rings is 5. The second-order valence-electron chi connectivity index (χ2n) is 16.7. The van der Waals surface area contributed by atoms with Crippen molar-refractivity contribution in [2.24, 2.45) is 11.5 Å². The second-order valence-corrected chi connectivity index (χ2v) is 16.7. The largest absolute Gasteiger partial charge is 0.603 e. The van der Waals surface area contributed by atoms with E-state index in [0.717, 1.165) is 36.8 Å². The Hall–Kier alpha value is -6.54. The third kappa shape index (κ3) is 8.64. The van der Waals surface area contributed by atoms with E-state index in [2.05, 4.69) is 29.6 Å². The number of carbonyl (C=O) groups excluding carboxylic acids is 4. The van der Waals surface area contributed by atoms with Crippen molar-refractivity contribution in [3.05, 3.63) is 166 Å². The van der Waals surface area contributed by atoms with Crippen LogP contribution in [0.15, 0.2) is 132 Å². The third-order valence-corrected chi connectivity index (χ3v) is 12.8. The van der Waals surface area contributed by atoms with E-state index < -0.39 is 31.0 Å². The summed E-state index contributed by atoms with van der Waals surface area (Å²) in [7, 11) is -1.28. The summed E-state index contributed by atoms with van der Waals surface area (Å²) >= 11 is 0. The molecule has 0 radical (unpaired) electrons. The van der Waals surface area contributed by atoms with Gasteiger partial charge in [-0.25, -0.2) is 0 Å². The quantitative estimate of drug-likeness (QED) is 0.122. The molecule has 3 amide bonds. The number of nitrogens with zero attached hydrogens (tertiary/aromatic N) is 2. The Morgan fingerprint density at radius 3 is 1.87 bits per heavy atom. The van der Waals surface area contributed by atoms with Gasteiger partial charge in [-0.3, -0.25) is 19.2 Å². The van der Waals surface area contributed by atoms with E-state index in [1.807, 2.05) is 34.1 Å². The zero-order valence-corrected chi connectivity index (χ0v) is 35.0. The summed E-state index contributed by atoms with van der Waals surface area (Å²) < 4.78 is 18.5. The molecule has 4 heterocycles. The first-order valence-corrected chi connectivity index (χ1v) is 21.7. The molecule has 63 heavy (non-hydrogen) atoms. The summed E-state index contributed by atoms with van der Waals surface area (Å²) in [5.74, 6) is -0.691. The number of fused-ring (bicyclic) bond motifs is 1. The Labute approximate surface area is 366 Å². The van der Waals surface area contributed by atoms with E-state index in [1.54, 1.807) is 78.9 Å². The van der Waals surface area contributed by atoms with E-state index in [1.165, 1.54) is 11.1 Å². The lowest BCUT2D eigenvalue weighted by Crippen LogP contribution is -2.39. The summed E-state index contributed by atoms with van der Waals surface area (Å²) in [5.41, 5.74) is 17.2. The molecule has 13 heteroatoms. The van der Waals surface area contributed by atoms with Crippen molar-refractivity contribution in [2.45, 2.75) is 62.6 Å². The number of hydrogen-bond donors (Lipinski definition) is 3. The van der Waals surface area contributed by atoms with Crippen molar-refractivity contribution in [3.8, 4) is 0 Å². The minimum absolute atomic E-state index is 0.0642. The zero-order valence-electron chi connectivity index (χ0n) is 35.0. The molecule has 0 unspecified atom stereocenters. The summed E-state index contributed by atoms with van der Waals surface area (Å²) in [5, 5.41) is 3.45. The Balaban J connectivity index is 0.857. The predicted molar refractivity (Wildman–Crippen MR) is 241 cm³/mol. The fourth-order valence-electron chi connectivity index (χ4n) is 9.32. The number of nitrogens with one attached hydrogen (secondary N) is 1. The number of anilines is 1. The average Bonchev–Trinajstić information content (AvgIpc) is 3.93. The smallest absolute Gasteiger partial charge is 0.501 e. The van der Waals surface area contributed by atoms with Crippen LogP contribution in [0.1, 0.15) is 92.5 Å². The van der Waals surface area contributed by atoms with Crippen LogP contribution >= 0.6 is 0 Å². The molecule has 320 valence electrons. The molecule has 3 fully saturated rings. The molecule has 3 aliphatic heterocycles. The molecule has 9 rings (SSSR count). The van der Waals surface area contributed by atoms with Gasteiger partial charge in [0.05, 0.1) is 12.0 Å². The molecule has 0 aliphatic carbocycles. The van der Waals surface area contributed by atoms with E-state index in [0.29, 0.717) is 84.5 Å². The van der Waals surface area contributed by atoms with Crippen molar-refractivity contribution >= 4 is 53.1 Å². The van der Waals surface area contributed by atoms with Gasteiger partial charge in [0.25, 0.3) is 11.8 Å². The molecule has 1 aromatic heterocycles. The fraction of sp³-hybridized carbons (Fsp3) is 0.280. The van der Waals surface area contributed by atoms with Crippen LogP contribution in [0.2, 0.25) is 0 Å². The molecule has 6 aromatic rings. The molecular formula is C50H50BN5O7. The van der Waals surface area contributed by atoms with Crippen LogP contribution < -0.4 is 22.4 Å². The number of furan rings is 1. The zero-order chi connectivity index (χ0) is 43.5. The van der Waals surface area contributed by atoms with Gasteiger partial charge in [-0.2, -0.15) is 0 Å². The van der Waals surface area contributed by atoms with Crippen LogP contribution in [-0.2, 0) is 37.6 Å². The van der Waals surface area contributed by atoms with E-state index in [9.17, 15) is 19.2 Å². The van der Waals surface area contributed by atoms with Crippen molar-refractivity contribution in [3.63, 3.8) is 0 Å². The minimum atomic E-state index is -1.80. The molecule has 0 saturated carbocycles. The number of carbonyl (C=O) groups is 4. The molecule has 3 aliphatic rings. The lowest BCUT2D eigenvalue weighted by molar-refractivity contribution is -0.146. The van der Waals surface area contributed by atoms with Crippen LogP contribution in [0.3, 0.4) is 0 Å². The maximum atomic E-state index is 14.0. The first-order valence-electron chi connectivity index (χ1n) is 21.7. The van der Waals surface area contributed by atoms with Gasteiger partial charge in [0.2, 0.25) is 5.91 Å². The molecule has 3 saturated heterocycles. The van der Waals surface area contributed by atoms with Gasteiger partial charge in [-0.1, -0.05) is 84.9 Å². The number of amides is 3. The highest BCUT2D eigenvalue weighted by atomic mass is 16.7. The van der Waals surface area contributed by atoms with Gasteiger partial charge in [-0.05, 0) is 108 Å². The van der Waals surface area contributed by atoms with Crippen LogP contribution in [0.4, 0.5) is 5.69 Å². The fourth-order valence-corrected chi connectivity index (χ4v) is 9.32. The summed E-state index contributed by atoms with van der Waals surface area (Å²) in [4.78, 5) is 58.9. The predicted octanol–water partition coefficient (Wildman–Crippen LogP) is 6.58. The minimum Gasteiger partial charge on any atom is -0.501 e. The molecular weight excluding hydrogens is 793 g/mol. The molecule has 5 aromatic carbocycles. The molecule has 1 atom stereocenters.